The van der Waals surface area contributed by atoms with E-state index < -0.39 is 21.7 Å². The summed E-state index contributed by atoms with van der Waals surface area (Å²) >= 11 is 0. The zero-order valence-electron chi connectivity index (χ0n) is 18.1. The summed E-state index contributed by atoms with van der Waals surface area (Å²) in [6.07, 6.45) is 6.20. The molecule has 7 nitrogen and oxygen atoms in total. The standard InChI is InChI=1S/C23H31N3O4S/c1-17(2)30-22-14-12-21(13-15-22)26-31(28,29)16-23(27)25-20-10-8-19(9-11-20)24-18-6-4-3-5-7-18/h8-15,17-18,24,26H,3-7,16H2,1-2H3,(H,25,27). The van der Waals surface area contributed by atoms with Gasteiger partial charge < -0.3 is 15.4 Å². The molecule has 0 heterocycles. The van der Waals surface area contributed by atoms with Crippen molar-refractivity contribution in [1.29, 1.82) is 0 Å². The van der Waals surface area contributed by atoms with E-state index in [0.717, 1.165) is 5.69 Å². The lowest BCUT2D eigenvalue weighted by Crippen LogP contribution is -2.27. The van der Waals surface area contributed by atoms with Gasteiger partial charge in [0.2, 0.25) is 15.9 Å². The minimum Gasteiger partial charge on any atom is -0.491 e. The first-order chi connectivity index (χ1) is 14.8. The molecule has 1 fully saturated rings. The van der Waals surface area contributed by atoms with Gasteiger partial charge in [-0.3, -0.25) is 9.52 Å². The lowest BCUT2D eigenvalue weighted by Gasteiger charge is -2.23. The third-order valence-electron chi connectivity index (χ3n) is 4.97. The highest BCUT2D eigenvalue weighted by Crippen LogP contribution is 2.23. The lowest BCUT2D eigenvalue weighted by molar-refractivity contribution is -0.113. The van der Waals surface area contributed by atoms with Gasteiger partial charge in [0, 0.05) is 23.1 Å². The summed E-state index contributed by atoms with van der Waals surface area (Å²) in [6, 6.07) is 14.4. The summed E-state index contributed by atoms with van der Waals surface area (Å²) in [5.74, 6) is -0.614. The summed E-state index contributed by atoms with van der Waals surface area (Å²) in [5.41, 5.74) is 1.94. The molecule has 0 atom stereocenters. The predicted octanol–water partition coefficient (Wildman–Crippen LogP) is 4.60. The van der Waals surface area contributed by atoms with E-state index in [9.17, 15) is 13.2 Å². The number of nitrogens with one attached hydrogen (secondary N) is 3. The Bertz CT molecular complexity index is 951. The van der Waals surface area contributed by atoms with Gasteiger partial charge in [-0.2, -0.15) is 0 Å². The Morgan fingerprint density at radius 3 is 2.13 bits per heavy atom. The number of hydrogen-bond acceptors (Lipinski definition) is 5. The first kappa shape index (κ1) is 22.9. The SMILES string of the molecule is CC(C)Oc1ccc(NS(=O)(=O)CC(=O)Nc2ccc(NC3CCCCC3)cc2)cc1. The molecule has 168 valence electrons. The first-order valence-electron chi connectivity index (χ1n) is 10.7. The first-order valence-corrected chi connectivity index (χ1v) is 12.4. The quantitative estimate of drug-likeness (QED) is 0.524. The molecule has 0 bridgehead atoms. The van der Waals surface area contributed by atoms with Crippen LogP contribution in [-0.4, -0.2) is 32.2 Å². The molecule has 1 aliphatic carbocycles. The molecule has 2 aromatic rings. The number of hydrogen-bond donors (Lipinski definition) is 3. The van der Waals surface area contributed by atoms with E-state index in [-0.39, 0.29) is 6.10 Å². The van der Waals surface area contributed by atoms with E-state index in [1.54, 1.807) is 36.4 Å². The van der Waals surface area contributed by atoms with Gasteiger partial charge in [0.1, 0.15) is 11.5 Å². The van der Waals surface area contributed by atoms with E-state index >= 15 is 0 Å². The van der Waals surface area contributed by atoms with Crippen LogP contribution in [0.2, 0.25) is 0 Å². The number of benzene rings is 2. The van der Waals surface area contributed by atoms with Crippen LogP contribution in [0.4, 0.5) is 17.1 Å². The molecule has 31 heavy (non-hydrogen) atoms. The van der Waals surface area contributed by atoms with Gasteiger partial charge in [-0.25, -0.2) is 8.42 Å². The van der Waals surface area contributed by atoms with Crippen molar-refractivity contribution in [2.75, 3.05) is 21.1 Å². The van der Waals surface area contributed by atoms with Crippen LogP contribution in [0.5, 0.6) is 5.75 Å². The molecule has 2 aromatic carbocycles. The summed E-state index contributed by atoms with van der Waals surface area (Å²) < 4.78 is 32.6. The number of ether oxygens (including phenoxy) is 1. The minimum absolute atomic E-state index is 0.0309. The maximum atomic E-state index is 12.3. The summed E-state index contributed by atoms with van der Waals surface area (Å²) in [7, 11) is -3.83. The van der Waals surface area contributed by atoms with E-state index in [1.807, 2.05) is 26.0 Å². The Morgan fingerprint density at radius 1 is 0.935 bits per heavy atom. The third-order valence-corrected chi connectivity index (χ3v) is 6.15. The Morgan fingerprint density at radius 2 is 1.52 bits per heavy atom. The van der Waals surface area contributed by atoms with Crippen LogP contribution in [0.25, 0.3) is 0 Å². The van der Waals surface area contributed by atoms with Crippen molar-refractivity contribution in [1.82, 2.24) is 0 Å². The lowest BCUT2D eigenvalue weighted by atomic mass is 9.95. The molecule has 8 heteroatoms. The molecular weight excluding hydrogens is 414 g/mol. The second-order valence-electron chi connectivity index (χ2n) is 8.16. The molecule has 1 aliphatic rings. The fraction of sp³-hybridized carbons (Fsp3) is 0.435. The van der Waals surface area contributed by atoms with Crippen LogP contribution in [0, 0.1) is 0 Å². The maximum absolute atomic E-state index is 12.3. The topological polar surface area (TPSA) is 96.5 Å². The second kappa shape index (κ2) is 10.5. The highest BCUT2D eigenvalue weighted by Gasteiger charge is 2.17. The van der Waals surface area contributed by atoms with Gasteiger partial charge >= 0.3 is 0 Å². The predicted molar refractivity (Wildman–Crippen MR) is 125 cm³/mol. The Balaban J connectivity index is 1.49. The number of amides is 1. The Kier molecular flexibility index (Phi) is 7.79. The molecule has 3 rings (SSSR count). The average Bonchev–Trinajstić information content (AvgIpc) is 2.71. The zero-order chi connectivity index (χ0) is 22.3. The fourth-order valence-electron chi connectivity index (χ4n) is 3.59. The van der Waals surface area contributed by atoms with Crippen LogP contribution in [0.1, 0.15) is 46.0 Å². The van der Waals surface area contributed by atoms with E-state index in [4.69, 9.17) is 4.74 Å². The summed E-state index contributed by atoms with van der Waals surface area (Å²) in [5, 5.41) is 6.15. The maximum Gasteiger partial charge on any atom is 0.241 e. The molecule has 0 aliphatic heterocycles. The van der Waals surface area contributed by atoms with Crippen LogP contribution in [0.3, 0.4) is 0 Å². The van der Waals surface area contributed by atoms with Crippen molar-refractivity contribution in [3.05, 3.63) is 48.5 Å². The van der Waals surface area contributed by atoms with Crippen LogP contribution >= 0.6 is 0 Å². The van der Waals surface area contributed by atoms with Gasteiger partial charge in [-0.05, 0) is 75.2 Å². The Labute approximate surface area is 184 Å². The molecule has 0 unspecified atom stereocenters. The van der Waals surface area contributed by atoms with Gasteiger partial charge in [-0.15, -0.1) is 0 Å². The number of anilines is 3. The molecule has 0 spiro atoms. The minimum atomic E-state index is -3.83. The monoisotopic (exact) mass is 445 g/mol. The summed E-state index contributed by atoms with van der Waals surface area (Å²) in [6.45, 7) is 3.83. The van der Waals surface area contributed by atoms with Gasteiger partial charge in [0.15, 0.2) is 0 Å². The van der Waals surface area contributed by atoms with Gasteiger partial charge in [0.25, 0.3) is 0 Å². The van der Waals surface area contributed by atoms with Crippen LogP contribution in [-0.2, 0) is 14.8 Å². The molecule has 1 amide bonds. The molecule has 0 aromatic heterocycles. The van der Waals surface area contributed by atoms with Crippen molar-refractivity contribution in [2.45, 2.75) is 58.1 Å². The Hall–Kier alpha value is -2.74. The van der Waals surface area contributed by atoms with Crippen molar-refractivity contribution in [3.63, 3.8) is 0 Å². The molecular formula is C23H31N3O4S. The zero-order valence-corrected chi connectivity index (χ0v) is 18.9. The smallest absolute Gasteiger partial charge is 0.241 e. The van der Waals surface area contributed by atoms with Crippen LogP contribution in [0.15, 0.2) is 48.5 Å². The molecule has 0 saturated heterocycles. The number of rotatable bonds is 9. The van der Waals surface area contributed by atoms with Crippen molar-refractivity contribution >= 4 is 33.0 Å². The normalized spacial score (nSPS) is 14.8. The number of carbonyl (C=O) groups excluding carboxylic acids is 1. The van der Waals surface area contributed by atoms with Crippen LogP contribution < -0.4 is 20.1 Å². The van der Waals surface area contributed by atoms with Crippen molar-refractivity contribution in [2.24, 2.45) is 0 Å². The molecule has 1 saturated carbocycles. The fourth-order valence-corrected chi connectivity index (χ4v) is 4.58. The molecule has 3 N–H and O–H groups in total. The highest BCUT2D eigenvalue weighted by atomic mass is 32.2. The van der Waals surface area contributed by atoms with Gasteiger partial charge in [-0.1, -0.05) is 19.3 Å². The van der Waals surface area contributed by atoms with Crippen molar-refractivity contribution < 1.29 is 17.9 Å². The number of sulfonamides is 1. The summed E-state index contributed by atoms with van der Waals surface area (Å²) in [4.78, 5) is 12.2. The second-order valence-corrected chi connectivity index (χ2v) is 9.88. The van der Waals surface area contributed by atoms with E-state index in [2.05, 4.69) is 15.4 Å². The molecule has 0 radical (unpaired) electrons. The van der Waals surface area contributed by atoms with E-state index in [1.165, 1.54) is 32.1 Å². The number of carbonyl (C=O) groups is 1. The average molecular weight is 446 g/mol. The largest absolute Gasteiger partial charge is 0.491 e. The highest BCUT2D eigenvalue weighted by molar-refractivity contribution is 7.93. The van der Waals surface area contributed by atoms with E-state index in [0.29, 0.717) is 23.2 Å². The third kappa shape index (κ3) is 7.79. The van der Waals surface area contributed by atoms with Crippen molar-refractivity contribution in [3.8, 4) is 5.75 Å². The van der Waals surface area contributed by atoms with Gasteiger partial charge in [0.05, 0.1) is 6.10 Å².